The fourth-order valence-corrected chi connectivity index (χ4v) is 0.985. The molecule has 0 fully saturated rings. The van der Waals surface area contributed by atoms with Crippen molar-refractivity contribution >= 4 is 11.7 Å². The van der Waals surface area contributed by atoms with Crippen LogP contribution >= 0.6 is 0 Å². The maximum atomic E-state index is 11.7. The minimum Gasteiger partial charge on any atom is -0.409 e. The van der Waals surface area contributed by atoms with Gasteiger partial charge in [0, 0.05) is 13.0 Å². The van der Waals surface area contributed by atoms with Gasteiger partial charge in [0.1, 0.15) is 0 Å². The Balaban J connectivity index is 4.26. The zero-order chi connectivity index (χ0) is 11.3. The van der Waals surface area contributed by atoms with E-state index >= 15 is 0 Å². The third-order valence-corrected chi connectivity index (χ3v) is 2.29. The predicted molar refractivity (Wildman–Crippen MR) is 55.0 cm³/mol. The van der Waals surface area contributed by atoms with Crippen molar-refractivity contribution in [2.75, 3.05) is 13.6 Å². The smallest absolute Gasteiger partial charge is 0.225 e. The third kappa shape index (κ3) is 3.64. The van der Waals surface area contributed by atoms with E-state index in [1.54, 1.807) is 7.05 Å². The van der Waals surface area contributed by atoms with Crippen LogP contribution in [0.2, 0.25) is 0 Å². The lowest BCUT2D eigenvalue weighted by Crippen LogP contribution is -2.39. The van der Waals surface area contributed by atoms with Crippen LogP contribution in [-0.4, -0.2) is 35.4 Å². The Bertz CT molecular complexity index is 226. The van der Waals surface area contributed by atoms with Crippen molar-refractivity contribution in [3.05, 3.63) is 0 Å². The van der Waals surface area contributed by atoms with Gasteiger partial charge in [0.2, 0.25) is 5.91 Å². The van der Waals surface area contributed by atoms with Gasteiger partial charge in [-0.25, -0.2) is 0 Å². The van der Waals surface area contributed by atoms with Gasteiger partial charge in [-0.05, 0) is 5.92 Å². The lowest BCUT2D eigenvalue weighted by Gasteiger charge is -2.22. The van der Waals surface area contributed by atoms with E-state index in [1.807, 2.05) is 20.8 Å². The molecule has 0 rings (SSSR count). The zero-order valence-electron chi connectivity index (χ0n) is 9.19. The van der Waals surface area contributed by atoms with E-state index < -0.39 is 0 Å². The number of hydrogen-bond donors (Lipinski definition) is 2. The van der Waals surface area contributed by atoms with Gasteiger partial charge in [-0.1, -0.05) is 25.9 Å². The van der Waals surface area contributed by atoms with Crippen LogP contribution in [0.3, 0.4) is 0 Å². The lowest BCUT2D eigenvalue weighted by molar-refractivity contribution is -0.134. The average molecular weight is 201 g/mol. The molecular formula is C9H19N3O2. The summed E-state index contributed by atoms with van der Waals surface area (Å²) < 4.78 is 0. The third-order valence-electron chi connectivity index (χ3n) is 2.29. The molecule has 0 radical (unpaired) electrons. The Hall–Kier alpha value is -1.26. The molecule has 0 spiro atoms. The summed E-state index contributed by atoms with van der Waals surface area (Å²) in [6.45, 7) is 6.00. The van der Waals surface area contributed by atoms with Crippen LogP contribution in [0, 0.1) is 11.8 Å². The molecule has 0 aromatic carbocycles. The Kier molecular flexibility index (Phi) is 4.97. The SMILES string of the molecule is CC(C)C(C)C(=O)N(C)CC(N)=NO. The molecule has 1 unspecified atom stereocenters. The average Bonchev–Trinajstić information content (AvgIpc) is 2.14. The first kappa shape index (κ1) is 12.7. The fraction of sp³-hybridized carbons (Fsp3) is 0.778. The highest BCUT2D eigenvalue weighted by Crippen LogP contribution is 2.11. The predicted octanol–water partition coefficient (Wildman–Crippen LogP) is 0.483. The van der Waals surface area contributed by atoms with E-state index in [-0.39, 0.29) is 30.1 Å². The van der Waals surface area contributed by atoms with E-state index in [4.69, 9.17) is 10.9 Å². The molecule has 0 saturated carbocycles. The Morgan fingerprint density at radius 2 is 2.00 bits per heavy atom. The molecule has 0 aromatic heterocycles. The van der Waals surface area contributed by atoms with Crippen molar-refractivity contribution in [2.24, 2.45) is 22.7 Å². The highest BCUT2D eigenvalue weighted by atomic mass is 16.4. The molecule has 5 nitrogen and oxygen atoms in total. The summed E-state index contributed by atoms with van der Waals surface area (Å²) in [4.78, 5) is 13.1. The van der Waals surface area contributed by atoms with E-state index in [0.717, 1.165) is 0 Å². The molecular weight excluding hydrogens is 182 g/mol. The van der Waals surface area contributed by atoms with Gasteiger partial charge in [-0.2, -0.15) is 0 Å². The molecule has 0 aromatic rings. The van der Waals surface area contributed by atoms with E-state index in [1.165, 1.54) is 4.90 Å². The fourth-order valence-electron chi connectivity index (χ4n) is 0.985. The van der Waals surface area contributed by atoms with Crippen molar-refractivity contribution in [3.8, 4) is 0 Å². The molecule has 0 aliphatic heterocycles. The molecule has 14 heavy (non-hydrogen) atoms. The maximum absolute atomic E-state index is 11.7. The molecule has 1 atom stereocenters. The summed E-state index contributed by atoms with van der Waals surface area (Å²) in [6, 6.07) is 0. The maximum Gasteiger partial charge on any atom is 0.225 e. The van der Waals surface area contributed by atoms with Crippen LogP contribution in [0.1, 0.15) is 20.8 Å². The zero-order valence-corrected chi connectivity index (χ0v) is 9.19. The normalized spacial score (nSPS) is 14.2. The molecule has 82 valence electrons. The second-order valence-corrected chi connectivity index (χ2v) is 3.82. The number of amides is 1. The number of amidine groups is 1. The van der Waals surface area contributed by atoms with E-state index in [0.29, 0.717) is 0 Å². The van der Waals surface area contributed by atoms with Crippen LogP contribution < -0.4 is 5.73 Å². The van der Waals surface area contributed by atoms with Gasteiger partial charge < -0.3 is 15.8 Å². The standard InChI is InChI=1S/C9H19N3O2/c1-6(2)7(3)9(13)12(4)5-8(10)11-14/h6-7,14H,5H2,1-4H3,(H2,10,11). The molecule has 0 heterocycles. The summed E-state index contributed by atoms with van der Waals surface area (Å²) in [6.07, 6.45) is 0. The second-order valence-electron chi connectivity index (χ2n) is 3.82. The Labute approximate surface area is 84.6 Å². The van der Waals surface area contributed by atoms with Gasteiger partial charge in [0.05, 0.1) is 6.54 Å². The summed E-state index contributed by atoms with van der Waals surface area (Å²) in [7, 11) is 1.64. The van der Waals surface area contributed by atoms with Crippen LogP contribution in [-0.2, 0) is 4.79 Å². The highest BCUT2D eigenvalue weighted by Gasteiger charge is 2.20. The summed E-state index contributed by atoms with van der Waals surface area (Å²) in [5.41, 5.74) is 5.29. The number of hydrogen-bond acceptors (Lipinski definition) is 3. The molecule has 0 aliphatic rings. The summed E-state index contributed by atoms with van der Waals surface area (Å²) in [5, 5.41) is 11.2. The number of nitrogens with zero attached hydrogens (tertiary/aromatic N) is 2. The number of carbonyl (C=O) groups is 1. The quantitative estimate of drug-likeness (QED) is 0.300. The van der Waals surface area contributed by atoms with Crippen LogP contribution in [0.25, 0.3) is 0 Å². The van der Waals surface area contributed by atoms with Gasteiger partial charge in [0.25, 0.3) is 0 Å². The highest BCUT2D eigenvalue weighted by molar-refractivity contribution is 5.87. The van der Waals surface area contributed by atoms with E-state index in [2.05, 4.69) is 5.16 Å². The van der Waals surface area contributed by atoms with Crippen LogP contribution in [0.5, 0.6) is 0 Å². The number of nitrogens with two attached hydrogens (primary N) is 1. The Morgan fingerprint density at radius 3 is 2.36 bits per heavy atom. The molecule has 0 bridgehead atoms. The van der Waals surface area contributed by atoms with Crippen molar-refractivity contribution in [1.82, 2.24) is 4.90 Å². The minimum absolute atomic E-state index is 0.00611. The van der Waals surface area contributed by atoms with Crippen molar-refractivity contribution < 1.29 is 10.0 Å². The van der Waals surface area contributed by atoms with Crippen molar-refractivity contribution in [1.29, 1.82) is 0 Å². The van der Waals surface area contributed by atoms with Crippen molar-refractivity contribution in [2.45, 2.75) is 20.8 Å². The van der Waals surface area contributed by atoms with Gasteiger partial charge in [-0.3, -0.25) is 4.79 Å². The molecule has 3 N–H and O–H groups in total. The number of oxime groups is 1. The largest absolute Gasteiger partial charge is 0.409 e. The first-order chi connectivity index (χ1) is 6.40. The topological polar surface area (TPSA) is 78.9 Å². The summed E-state index contributed by atoms with van der Waals surface area (Å²) >= 11 is 0. The van der Waals surface area contributed by atoms with Crippen LogP contribution in [0.15, 0.2) is 5.16 Å². The van der Waals surface area contributed by atoms with E-state index in [9.17, 15) is 4.79 Å². The van der Waals surface area contributed by atoms with Crippen molar-refractivity contribution in [3.63, 3.8) is 0 Å². The monoisotopic (exact) mass is 201 g/mol. The number of rotatable bonds is 4. The molecule has 0 aliphatic carbocycles. The minimum atomic E-state index is -0.0495. The molecule has 0 saturated heterocycles. The van der Waals surface area contributed by atoms with Crippen LogP contribution in [0.4, 0.5) is 0 Å². The number of carbonyl (C=O) groups excluding carboxylic acids is 1. The van der Waals surface area contributed by atoms with Gasteiger partial charge in [0.15, 0.2) is 5.84 Å². The number of likely N-dealkylation sites (N-methyl/N-ethyl adjacent to an activating group) is 1. The Morgan fingerprint density at radius 1 is 1.50 bits per heavy atom. The summed E-state index contributed by atoms with van der Waals surface area (Å²) in [5.74, 6) is 0.284. The second kappa shape index (κ2) is 5.47. The molecule has 5 heteroatoms. The molecule has 1 amide bonds. The lowest BCUT2D eigenvalue weighted by atomic mass is 9.97. The van der Waals surface area contributed by atoms with Gasteiger partial charge in [-0.15, -0.1) is 0 Å². The first-order valence-electron chi connectivity index (χ1n) is 4.61. The van der Waals surface area contributed by atoms with Gasteiger partial charge >= 0.3 is 0 Å². The first-order valence-corrected chi connectivity index (χ1v) is 4.61.